The lowest BCUT2D eigenvalue weighted by Crippen LogP contribution is -2.49. The van der Waals surface area contributed by atoms with Crippen LogP contribution in [-0.4, -0.2) is 55.4 Å². The maximum absolute atomic E-state index is 11.7. The number of nitrogens with one attached hydrogen (secondary N) is 1. The number of nitrogens with zero attached hydrogens (tertiary/aromatic N) is 3. The van der Waals surface area contributed by atoms with Crippen molar-refractivity contribution in [2.45, 2.75) is 19.8 Å². The molecule has 7 heteroatoms. The van der Waals surface area contributed by atoms with Gasteiger partial charge in [-0.1, -0.05) is 12.1 Å². The first-order valence-corrected chi connectivity index (χ1v) is 8.30. The zero-order chi connectivity index (χ0) is 16.9. The van der Waals surface area contributed by atoms with Crippen LogP contribution >= 0.6 is 0 Å². The van der Waals surface area contributed by atoms with Crippen LogP contribution in [0.15, 0.2) is 29.4 Å². The monoisotopic (exact) mass is 330 g/mol. The molecule has 3 rings (SSSR count). The Balaban J connectivity index is 1.59. The Morgan fingerprint density at radius 3 is 2.46 bits per heavy atom. The molecule has 1 N–H and O–H groups in total. The molecule has 7 nitrogen and oxygen atoms in total. The molecule has 128 valence electrons. The maximum atomic E-state index is 11.7. The molecule has 1 fully saturated rings. The summed E-state index contributed by atoms with van der Waals surface area (Å²) in [5.41, 5.74) is 5.59. The summed E-state index contributed by atoms with van der Waals surface area (Å²) >= 11 is 0. The normalized spacial score (nSPS) is 18.0. The zero-order valence-electron chi connectivity index (χ0n) is 13.8. The third-order valence-corrected chi connectivity index (χ3v) is 4.28. The topological polar surface area (TPSA) is 74.2 Å². The van der Waals surface area contributed by atoms with Crippen LogP contribution in [0.25, 0.3) is 0 Å². The standard InChI is InChI=1S/C17H22N4O3/c1-2-24-17(23)21-11-9-20(10-12-21)14-5-3-13(4-6-14)15-7-8-16(22)19-18-15/h3-6H,2,7-12H2,1H3,(H,19,22). The molecule has 2 heterocycles. The quantitative estimate of drug-likeness (QED) is 0.913. The minimum Gasteiger partial charge on any atom is -0.450 e. The van der Waals surface area contributed by atoms with Crippen LogP contribution in [0, 0.1) is 0 Å². The lowest BCUT2D eigenvalue weighted by atomic mass is 10.0. The molecule has 0 radical (unpaired) electrons. The van der Waals surface area contributed by atoms with Crippen LogP contribution < -0.4 is 10.3 Å². The van der Waals surface area contributed by atoms with Gasteiger partial charge in [-0.25, -0.2) is 10.2 Å². The highest BCUT2D eigenvalue weighted by Crippen LogP contribution is 2.19. The minimum atomic E-state index is -0.232. The van der Waals surface area contributed by atoms with Gasteiger partial charge < -0.3 is 14.5 Å². The molecule has 0 spiro atoms. The van der Waals surface area contributed by atoms with Gasteiger partial charge in [-0.05, 0) is 24.6 Å². The first-order chi connectivity index (χ1) is 11.7. The molecule has 2 aliphatic rings. The fourth-order valence-corrected chi connectivity index (χ4v) is 2.91. The summed E-state index contributed by atoms with van der Waals surface area (Å²) in [5.74, 6) is -0.0326. The summed E-state index contributed by atoms with van der Waals surface area (Å²) in [6.07, 6.45) is 0.921. The van der Waals surface area contributed by atoms with Crippen LogP contribution in [0.3, 0.4) is 0 Å². The Morgan fingerprint density at radius 1 is 1.17 bits per heavy atom. The lowest BCUT2D eigenvalue weighted by Gasteiger charge is -2.35. The van der Waals surface area contributed by atoms with E-state index in [1.54, 1.807) is 4.90 Å². The number of hydrogen-bond acceptors (Lipinski definition) is 5. The van der Waals surface area contributed by atoms with Gasteiger partial charge in [-0.15, -0.1) is 0 Å². The third kappa shape index (κ3) is 3.67. The van der Waals surface area contributed by atoms with Gasteiger partial charge in [0.05, 0.1) is 12.3 Å². The average Bonchev–Trinajstić information content (AvgIpc) is 2.63. The fourth-order valence-electron chi connectivity index (χ4n) is 2.91. The van der Waals surface area contributed by atoms with Gasteiger partial charge in [0.2, 0.25) is 5.91 Å². The van der Waals surface area contributed by atoms with Gasteiger partial charge in [0.15, 0.2) is 0 Å². The highest BCUT2D eigenvalue weighted by Gasteiger charge is 2.22. The van der Waals surface area contributed by atoms with Gasteiger partial charge in [-0.2, -0.15) is 5.10 Å². The fraction of sp³-hybridized carbons (Fsp3) is 0.471. The number of benzene rings is 1. The van der Waals surface area contributed by atoms with Crippen molar-refractivity contribution >= 4 is 23.4 Å². The van der Waals surface area contributed by atoms with Crippen molar-refractivity contribution in [2.75, 3.05) is 37.7 Å². The molecule has 0 aromatic heterocycles. The van der Waals surface area contributed by atoms with E-state index < -0.39 is 0 Å². The van der Waals surface area contributed by atoms with E-state index in [0.29, 0.717) is 32.5 Å². The largest absolute Gasteiger partial charge is 0.450 e. The van der Waals surface area contributed by atoms with E-state index in [1.165, 1.54) is 0 Å². The number of carbonyl (C=O) groups excluding carboxylic acids is 2. The number of rotatable bonds is 3. The summed E-state index contributed by atoms with van der Waals surface area (Å²) in [6, 6.07) is 8.19. The van der Waals surface area contributed by atoms with E-state index >= 15 is 0 Å². The van der Waals surface area contributed by atoms with Gasteiger partial charge in [0.1, 0.15) is 0 Å². The van der Waals surface area contributed by atoms with Crippen molar-refractivity contribution in [3.8, 4) is 0 Å². The Bertz CT molecular complexity index is 634. The molecular weight excluding hydrogens is 308 g/mol. The summed E-state index contributed by atoms with van der Waals surface area (Å²) in [5, 5.41) is 4.12. The molecule has 1 saturated heterocycles. The van der Waals surface area contributed by atoms with Crippen LogP contribution in [0.4, 0.5) is 10.5 Å². The molecule has 0 saturated carbocycles. The van der Waals surface area contributed by atoms with E-state index in [-0.39, 0.29) is 12.0 Å². The van der Waals surface area contributed by atoms with Crippen LogP contribution in [0.2, 0.25) is 0 Å². The molecule has 24 heavy (non-hydrogen) atoms. The second-order valence-electron chi connectivity index (χ2n) is 5.81. The van der Waals surface area contributed by atoms with Gasteiger partial charge in [0.25, 0.3) is 0 Å². The van der Waals surface area contributed by atoms with Gasteiger partial charge in [-0.3, -0.25) is 4.79 Å². The first kappa shape index (κ1) is 16.3. The van der Waals surface area contributed by atoms with Gasteiger partial charge >= 0.3 is 6.09 Å². The molecule has 0 atom stereocenters. The highest BCUT2D eigenvalue weighted by atomic mass is 16.6. The molecule has 2 amide bonds. The number of piperazine rings is 1. The van der Waals surface area contributed by atoms with Crippen LogP contribution in [-0.2, 0) is 9.53 Å². The predicted octanol–water partition coefficient (Wildman–Crippen LogP) is 1.58. The minimum absolute atomic E-state index is 0.0326. The number of amides is 2. The van der Waals surface area contributed by atoms with E-state index in [0.717, 1.165) is 30.1 Å². The number of ether oxygens (including phenoxy) is 1. The number of carbonyl (C=O) groups is 2. The molecule has 1 aromatic rings. The smallest absolute Gasteiger partial charge is 0.409 e. The highest BCUT2D eigenvalue weighted by molar-refractivity contribution is 6.04. The Labute approximate surface area is 141 Å². The lowest BCUT2D eigenvalue weighted by molar-refractivity contribution is -0.121. The number of anilines is 1. The molecule has 0 bridgehead atoms. The second-order valence-corrected chi connectivity index (χ2v) is 5.81. The van der Waals surface area contributed by atoms with Gasteiger partial charge in [0, 0.05) is 44.7 Å². The Morgan fingerprint density at radius 2 is 1.88 bits per heavy atom. The third-order valence-electron chi connectivity index (χ3n) is 4.28. The Hall–Kier alpha value is -2.57. The maximum Gasteiger partial charge on any atom is 0.409 e. The molecule has 2 aliphatic heterocycles. The summed E-state index contributed by atoms with van der Waals surface area (Å²) < 4.78 is 5.04. The van der Waals surface area contributed by atoms with Crippen molar-refractivity contribution in [1.82, 2.24) is 10.3 Å². The predicted molar refractivity (Wildman–Crippen MR) is 91.2 cm³/mol. The van der Waals surface area contributed by atoms with Crippen molar-refractivity contribution in [3.63, 3.8) is 0 Å². The molecular formula is C17H22N4O3. The summed E-state index contributed by atoms with van der Waals surface area (Å²) in [4.78, 5) is 26.9. The zero-order valence-corrected chi connectivity index (χ0v) is 13.8. The van der Waals surface area contributed by atoms with Crippen molar-refractivity contribution in [1.29, 1.82) is 0 Å². The number of hydrazone groups is 1. The van der Waals surface area contributed by atoms with Crippen molar-refractivity contribution < 1.29 is 14.3 Å². The SMILES string of the molecule is CCOC(=O)N1CCN(c2ccc(C3=NNC(=O)CC3)cc2)CC1. The Kier molecular flexibility index (Phi) is 4.98. The molecule has 0 unspecified atom stereocenters. The first-order valence-electron chi connectivity index (χ1n) is 8.30. The molecule has 0 aliphatic carbocycles. The van der Waals surface area contributed by atoms with E-state index in [2.05, 4.69) is 27.6 Å². The number of hydrogen-bond donors (Lipinski definition) is 1. The van der Waals surface area contributed by atoms with E-state index in [4.69, 9.17) is 4.74 Å². The van der Waals surface area contributed by atoms with E-state index in [9.17, 15) is 9.59 Å². The van der Waals surface area contributed by atoms with Crippen LogP contribution in [0.1, 0.15) is 25.3 Å². The summed E-state index contributed by atoms with van der Waals surface area (Å²) in [7, 11) is 0. The van der Waals surface area contributed by atoms with Crippen LogP contribution in [0.5, 0.6) is 0 Å². The second kappa shape index (κ2) is 7.33. The average molecular weight is 330 g/mol. The molecule has 1 aromatic carbocycles. The van der Waals surface area contributed by atoms with Crippen molar-refractivity contribution in [3.05, 3.63) is 29.8 Å². The van der Waals surface area contributed by atoms with Crippen molar-refractivity contribution in [2.24, 2.45) is 5.10 Å². The van der Waals surface area contributed by atoms with E-state index in [1.807, 2.05) is 19.1 Å². The summed E-state index contributed by atoms with van der Waals surface area (Å²) in [6.45, 7) is 5.13.